The topological polar surface area (TPSA) is 254 Å². The summed E-state index contributed by atoms with van der Waals surface area (Å²) in [6, 6.07) is 16.0. The van der Waals surface area contributed by atoms with E-state index in [2.05, 4.69) is 34.2 Å². The number of phenols is 2. The Bertz CT molecular complexity index is 2850. The van der Waals surface area contributed by atoms with Gasteiger partial charge in [0.05, 0.1) is 88.1 Å². The molecule has 0 spiro atoms. The Morgan fingerprint density at radius 3 is 1.63 bits per heavy atom. The van der Waals surface area contributed by atoms with Gasteiger partial charge in [-0.05, 0) is 59.7 Å². The number of morpholine rings is 2. The molecule has 22 nitrogen and oxygen atoms in total. The molecule has 8 rings (SSSR count). The van der Waals surface area contributed by atoms with Gasteiger partial charge >= 0.3 is 0 Å². The molecule has 0 radical (unpaired) electrons. The van der Waals surface area contributed by atoms with Crippen LogP contribution in [0.5, 0.6) is 46.0 Å². The van der Waals surface area contributed by atoms with E-state index in [0.29, 0.717) is 66.0 Å². The van der Waals surface area contributed by atoms with Gasteiger partial charge in [0.15, 0.2) is 34.0 Å². The summed E-state index contributed by atoms with van der Waals surface area (Å²) in [5.74, 6) is 2.28. The predicted octanol–water partition coefficient (Wildman–Crippen LogP) is 4.64. The van der Waals surface area contributed by atoms with Crippen molar-refractivity contribution < 1.29 is 64.9 Å². The molecular formula is C47H62Cl2N8O14S2. The number of hydrogen-bond acceptors (Lipinski definition) is 20. The van der Waals surface area contributed by atoms with E-state index in [9.17, 15) is 27.0 Å². The number of hydrazone groups is 2. The summed E-state index contributed by atoms with van der Waals surface area (Å²) < 4.78 is 98.3. The number of sulfonamides is 2. The van der Waals surface area contributed by atoms with Crippen LogP contribution in [0.15, 0.2) is 89.5 Å². The summed E-state index contributed by atoms with van der Waals surface area (Å²) in [6.45, 7) is 9.19. The number of phenolic OH excluding ortho intramolecular Hbond substituents is 2. The van der Waals surface area contributed by atoms with E-state index >= 15 is 0 Å². The highest BCUT2D eigenvalue weighted by Gasteiger charge is 2.37. The lowest BCUT2D eigenvalue weighted by atomic mass is 10.1. The third-order valence-corrected chi connectivity index (χ3v) is 14.1. The van der Waals surface area contributed by atoms with E-state index in [1.807, 2.05) is 0 Å². The Morgan fingerprint density at radius 2 is 1.12 bits per heavy atom. The summed E-state index contributed by atoms with van der Waals surface area (Å²) in [5.41, 5.74) is 5.20. The van der Waals surface area contributed by atoms with E-state index in [1.54, 1.807) is 53.8 Å². The lowest BCUT2D eigenvalue weighted by Gasteiger charge is -2.28. The number of ether oxygens (including phenoxy) is 8. The van der Waals surface area contributed by atoms with E-state index < -0.39 is 20.0 Å². The van der Waals surface area contributed by atoms with Gasteiger partial charge in [0.1, 0.15) is 32.8 Å². The molecule has 0 amide bonds. The number of hydrogen-bond donors (Lipinski definition) is 3. The average Bonchev–Trinajstić information content (AvgIpc) is 3.80. The highest BCUT2D eigenvalue weighted by molar-refractivity contribution is 7.91. The fourth-order valence-electron chi connectivity index (χ4n) is 7.32. The number of halogens is 2. The van der Waals surface area contributed by atoms with Crippen molar-refractivity contribution in [3.63, 3.8) is 0 Å². The Labute approximate surface area is 437 Å². The lowest BCUT2D eigenvalue weighted by Crippen LogP contribution is -2.41. The van der Waals surface area contributed by atoms with Gasteiger partial charge in [-0.15, -0.1) is 21.2 Å². The number of nitrogens with one attached hydrogen (secondary N) is 1. The van der Waals surface area contributed by atoms with Crippen LogP contribution >= 0.6 is 24.0 Å². The van der Waals surface area contributed by atoms with Gasteiger partial charge in [0.25, 0.3) is 20.0 Å². The first kappa shape index (κ1) is 59.4. The minimum absolute atomic E-state index is 0. The fraction of sp³-hybridized carbons (Fsp3) is 0.404. The minimum atomic E-state index is -4.00. The number of rotatable bonds is 16. The second kappa shape index (κ2) is 27.8. The average molecular weight is 1100 g/mol. The summed E-state index contributed by atoms with van der Waals surface area (Å²) in [4.78, 5) is 4.52. The molecular weight excluding hydrogens is 1040 g/mol. The molecule has 0 saturated carbocycles. The summed E-state index contributed by atoms with van der Waals surface area (Å²) in [5, 5.41) is 29.6. The van der Waals surface area contributed by atoms with Crippen molar-refractivity contribution in [3.8, 4) is 46.0 Å². The molecule has 4 aromatic carbocycles. The first-order chi connectivity index (χ1) is 34.1. The third kappa shape index (κ3) is 15.5. The Hall–Kier alpha value is -6.12. The van der Waals surface area contributed by atoms with Crippen LogP contribution in [-0.4, -0.2) is 187 Å². The molecule has 4 aromatic rings. The van der Waals surface area contributed by atoms with Crippen LogP contribution in [0, 0.1) is 0 Å². The summed E-state index contributed by atoms with van der Waals surface area (Å²) in [6.07, 6.45) is 3.27. The fourth-order valence-corrected chi connectivity index (χ4v) is 10.4. The molecule has 0 atom stereocenters. The second-order valence-corrected chi connectivity index (χ2v) is 18.9. The zero-order chi connectivity index (χ0) is 51.1. The van der Waals surface area contributed by atoms with Crippen LogP contribution in [0.25, 0.3) is 0 Å². The molecule has 26 heteroatoms. The maximum Gasteiger partial charge on any atom is 0.288 e. The van der Waals surface area contributed by atoms with Crippen molar-refractivity contribution in [3.05, 3.63) is 82.9 Å². The minimum Gasteiger partial charge on any atom is -0.504 e. The molecule has 0 aliphatic carbocycles. The maximum atomic E-state index is 13.0. The standard InChI is InChI=1S/C23H28N4O7S.C14H21N3O3.C9H8ClNO4S.CH4.ClH/c1-31-17-13-18-22(21(14-17)33-3)35(29,30)25-23(18)27(7-6-26-8-10-34-11-9-26)24-15-16-4-5-19(28)20(12-16)32-2;1-19-14-10-12(2-3-13(14)18)11-16-15-4-5-17-6-8-20-9-7-17;1-14-5-3-6-8(7(4-5)15-2)16(12,13)11-9(6)10;;/h4-5,12-15,28H,6-11H2,1-3H3;2-3,10-11,15,18H,4-9H2,1H3;3-4H,1-2H3;1H4;1H/b24-15+;16-11+;;;. The zero-order valence-corrected chi connectivity index (χ0v) is 43.6. The smallest absolute Gasteiger partial charge is 0.288 e. The van der Waals surface area contributed by atoms with Crippen molar-refractivity contribution >= 4 is 67.5 Å². The summed E-state index contributed by atoms with van der Waals surface area (Å²) >= 11 is 5.74. The van der Waals surface area contributed by atoms with Gasteiger partial charge < -0.3 is 53.5 Å². The van der Waals surface area contributed by atoms with Crippen molar-refractivity contribution in [2.45, 2.75) is 17.2 Å². The maximum absolute atomic E-state index is 13.0. The molecule has 2 fully saturated rings. The Kier molecular flexibility index (Phi) is 22.6. The predicted molar refractivity (Wildman–Crippen MR) is 280 cm³/mol. The largest absolute Gasteiger partial charge is 0.504 e. The van der Waals surface area contributed by atoms with Crippen molar-refractivity contribution in [1.82, 2.24) is 20.2 Å². The highest BCUT2D eigenvalue weighted by Crippen LogP contribution is 2.40. The molecule has 400 valence electrons. The van der Waals surface area contributed by atoms with Gasteiger partial charge in [-0.1, -0.05) is 19.0 Å². The van der Waals surface area contributed by atoms with Gasteiger partial charge in [-0.25, -0.2) is 5.01 Å². The normalized spacial score (nSPS) is 16.4. The van der Waals surface area contributed by atoms with E-state index in [0.717, 1.165) is 58.0 Å². The highest BCUT2D eigenvalue weighted by atomic mass is 35.5. The number of methoxy groups -OCH3 is 6. The number of amidine groups is 1. The van der Waals surface area contributed by atoms with Crippen molar-refractivity contribution in [1.29, 1.82) is 0 Å². The molecule has 2 saturated heterocycles. The van der Waals surface area contributed by atoms with E-state index in [1.165, 1.54) is 66.9 Å². The molecule has 4 heterocycles. The monoisotopic (exact) mass is 1100 g/mol. The Balaban J connectivity index is 0.000000258. The molecule has 0 bridgehead atoms. The lowest BCUT2D eigenvalue weighted by molar-refractivity contribution is 0.0360. The van der Waals surface area contributed by atoms with E-state index in [-0.39, 0.29) is 63.6 Å². The number of nitrogens with zero attached hydrogens (tertiary/aromatic N) is 7. The first-order valence-electron chi connectivity index (χ1n) is 21.9. The first-order valence-corrected chi connectivity index (χ1v) is 25.2. The third-order valence-electron chi connectivity index (χ3n) is 11.0. The van der Waals surface area contributed by atoms with Gasteiger partial charge in [0.2, 0.25) is 0 Å². The quantitative estimate of drug-likeness (QED) is 0.0785. The molecule has 0 unspecified atom stereocenters. The van der Waals surface area contributed by atoms with Crippen LogP contribution in [0.2, 0.25) is 0 Å². The van der Waals surface area contributed by atoms with Crippen molar-refractivity contribution in [2.24, 2.45) is 19.0 Å². The number of aromatic hydroxyl groups is 2. The van der Waals surface area contributed by atoms with Crippen molar-refractivity contribution in [2.75, 3.05) is 121 Å². The number of benzene rings is 4. The van der Waals surface area contributed by atoms with Gasteiger partial charge in [0, 0.05) is 69.1 Å². The van der Waals surface area contributed by atoms with Crippen LogP contribution in [0.3, 0.4) is 0 Å². The molecule has 0 aromatic heterocycles. The molecule has 73 heavy (non-hydrogen) atoms. The van der Waals surface area contributed by atoms with Crippen LogP contribution in [0.1, 0.15) is 29.7 Å². The molecule has 4 aliphatic heterocycles. The molecule has 3 N–H and O–H groups in total. The van der Waals surface area contributed by atoms with Crippen LogP contribution in [-0.2, 0) is 29.5 Å². The SMILES string of the molecule is C.COc1cc(/C=N/NCCN2CCOCC2)ccc1O.COc1cc(OC)c2c(c1)C(Cl)=NS2(=O)=O.COc1cc(OC)c2c(c1)C(N(CCN1CCOCC1)/N=C/c1ccc(O)c(OC)c1)=NS2(=O)=O.Cl. The Morgan fingerprint density at radius 1 is 0.658 bits per heavy atom. The van der Waals surface area contributed by atoms with Gasteiger partial charge in [-0.3, -0.25) is 9.80 Å². The van der Waals surface area contributed by atoms with Gasteiger partial charge in [-0.2, -0.15) is 27.0 Å². The second-order valence-electron chi connectivity index (χ2n) is 15.5. The van der Waals surface area contributed by atoms with E-state index in [4.69, 9.17) is 49.5 Å². The zero-order valence-electron chi connectivity index (χ0n) is 40.4. The summed E-state index contributed by atoms with van der Waals surface area (Å²) in [7, 11) is 0.963. The molecule has 4 aliphatic rings. The van der Waals surface area contributed by atoms with Crippen LogP contribution < -0.4 is 33.8 Å². The van der Waals surface area contributed by atoms with Crippen LogP contribution in [0.4, 0.5) is 0 Å². The number of fused-ring (bicyclic) bond motifs is 2.